The zero-order valence-corrected chi connectivity index (χ0v) is 9.90. The molecule has 3 heteroatoms. The lowest BCUT2D eigenvalue weighted by molar-refractivity contribution is 1.11. The van der Waals surface area contributed by atoms with Gasteiger partial charge in [0.25, 0.3) is 0 Å². The first kappa shape index (κ1) is 12.0. The van der Waals surface area contributed by atoms with Crippen molar-refractivity contribution in [1.29, 1.82) is 0 Å². The molecule has 2 aromatic carbocycles. The van der Waals surface area contributed by atoms with Crippen LogP contribution in [0.2, 0.25) is 0 Å². The van der Waals surface area contributed by atoms with Gasteiger partial charge in [0, 0.05) is 10.6 Å². The molecule has 0 atom stereocenters. The molecule has 3 nitrogen and oxygen atoms in total. The van der Waals surface area contributed by atoms with Crippen LogP contribution < -0.4 is 0 Å². The van der Waals surface area contributed by atoms with Crippen LogP contribution in [-0.4, -0.2) is 0 Å². The van der Waals surface area contributed by atoms with Gasteiger partial charge in [0.1, 0.15) is 0 Å². The van der Waals surface area contributed by atoms with Crippen LogP contribution in [-0.2, 0) is 6.42 Å². The molecule has 18 heavy (non-hydrogen) atoms. The van der Waals surface area contributed by atoms with Crippen LogP contribution in [0.4, 0.5) is 0 Å². The van der Waals surface area contributed by atoms with E-state index in [9.17, 15) is 0 Å². The highest BCUT2D eigenvalue weighted by atomic mass is 15.1. The third kappa shape index (κ3) is 3.51. The monoisotopic (exact) mass is 235 g/mol. The molecule has 0 saturated heterocycles. The second-order valence-electron chi connectivity index (χ2n) is 3.90. The van der Waals surface area contributed by atoms with Gasteiger partial charge >= 0.3 is 0 Å². The molecule has 2 aromatic rings. The van der Waals surface area contributed by atoms with Crippen molar-refractivity contribution in [2.45, 2.75) is 6.42 Å². The largest absolute Gasteiger partial charge is 0.0647 e. The first-order chi connectivity index (χ1) is 8.88. The molecule has 2 rings (SSSR count). The van der Waals surface area contributed by atoms with Gasteiger partial charge in [0.15, 0.2) is 0 Å². The number of rotatable bonds is 4. The van der Waals surface area contributed by atoms with Crippen molar-refractivity contribution in [3.05, 3.63) is 87.9 Å². The molecule has 0 bridgehead atoms. The third-order valence-electron chi connectivity index (χ3n) is 2.53. The van der Waals surface area contributed by atoms with Crippen LogP contribution in [0.25, 0.3) is 16.5 Å². The van der Waals surface area contributed by atoms with Gasteiger partial charge in [-0.3, -0.25) is 0 Å². The fraction of sp³-hybridized carbons (Fsp3) is 0.0667. The van der Waals surface area contributed by atoms with Crippen molar-refractivity contribution < 1.29 is 0 Å². The lowest BCUT2D eigenvalue weighted by Crippen LogP contribution is -1.87. The SMILES string of the molecule is [N-]=[N+]=N/C(=C\c1ccccc1)Cc1ccccc1. The van der Waals surface area contributed by atoms with Gasteiger partial charge in [-0.1, -0.05) is 65.8 Å². The summed E-state index contributed by atoms with van der Waals surface area (Å²) >= 11 is 0. The summed E-state index contributed by atoms with van der Waals surface area (Å²) in [5.74, 6) is 0. The number of benzene rings is 2. The summed E-state index contributed by atoms with van der Waals surface area (Å²) in [5.41, 5.74) is 11.5. The first-order valence-corrected chi connectivity index (χ1v) is 5.73. The van der Waals surface area contributed by atoms with Crippen LogP contribution in [0.5, 0.6) is 0 Å². The van der Waals surface area contributed by atoms with E-state index in [1.807, 2.05) is 66.7 Å². The van der Waals surface area contributed by atoms with Crippen molar-refractivity contribution in [1.82, 2.24) is 0 Å². The van der Waals surface area contributed by atoms with Gasteiger partial charge in [-0.05, 0) is 29.2 Å². The van der Waals surface area contributed by atoms with Gasteiger partial charge < -0.3 is 0 Å². The molecule has 0 aromatic heterocycles. The maximum atomic E-state index is 8.61. The second kappa shape index (κ2) is 6.28. The standard InChI is InChI=1S/C15H13N3/c16-18-17-15(11-13-7-3-1-4-8-13)12-14-9-5-2-6-10-14/h1-11H,12H2/b15-11-. The summed E-state index contributed by atoms with van der Waals surface area (Å²) in [6.45, 7) is 0. The van der Waals surface area contributed by atoms with Crippen LogP contribution in [0.1, 0.15) is 11.1 Å². The number of hydrogen-bond acceptors (Lipinski definition) is 1. The normalized spacial score (nSPS) is 10.8. The fourth-order valence-corrected chi connectivity index (χ4v) is 1.72. The summed E-state index contributed by atoms with van der Waals surface area (Å²) in [7, 11) is 0. The van der Waals surface area contributed by atoms with E-state index in [2.05, 4.69) is 10.0 Å². The maximum Gasteiger partial charge on any atom is 0.0200 e. The lowest BCUT2D eigenvalue weighted by atomic mass is 10.1. The molecule has 0 aliphatic rings. The molecule has 0 heterocycles. The number of hydrogen-bond donors (Lipinski definition) is 0. The Hall–Kier alpha value is -2.51. The first-order valence-electron chi connectivity index (χ1n) is 5.73. The molecule has 0 aliphatic carbocycles. The van der Waals surface area contributed by atoms with Gasteiger partial charge in [0.2, 0.25) is 0 Å². The van der Waals surface area contributed by atoms with E-state index in [0.29, 0.717) is 6.42 Å². The summed E-state index contributed by atoms with van der Waals surface area (Å²) in [4.78, 5) is 2.89. The molecule has 0 spiro atoms. The fourth-order valence-electron chi connectivity index (χ4n) is 1.72. The Morgan fingerprint density at radius 2 is 1.61 bits per heavy atom. The topological polar surface area (TPSA) is 48.8 Å². The summed E-state index contributed by atoms with van der Waals surface area (Å²) in [6, 6.07) is 19.8. The minimum atomic E-state index is 0.639. The Morgan fingerprint density at radius 3 is 2.22 bits per heavy atom. The zero-order valence-electron chi connectivity index (χ0n) is 9.90. The zero-order chi connectivity index (χ0) is 12.6. The van der Waals surface area contributed by atoms with E-state index in [4.69, 9.17) is 5.53 Å². The predicted octanol–water partition coefficient (Wildman–Crippen LogP) is 4.58. The van der Waals surface area contributed by atoms with E-state index in [1.165, 1.54) is 0 Å². The van der Waals surface area contributed by atoms with Crippen molar-refractivity contribution in [3.63, 3.8) is 0 Å². The summed E-state index contributed by atoms with van der Waals surface area (Å²) in [5, 5.41) is 3.76. The highest BCUT2D eigenvalue weighted by molar-refractivity contribution is 5.53. The summed E-state index contributed by atoms with van der Waals surface area (Å²) in [6.07, 6.45) is 2.55. The van der Waals surface area contributed by atoms with Crippen molar-refractivity contribution >= 4 is 6.08 Å². The molecule has 0 fully saturated rings. The Labute approximate surface area is 106 Å². The highest BCUT2D eigenvalue weighted by Gasteiger charge is 1.97. The number of azide groups is 1. The van der Waals surface area contributed by atoms with E-state index in [-0.39, 0.29) is 0 Å². The van der Waals surface area contributed by atoms with Crippen LogP contribution in [0, 0.1) is 0 Å². The Morgan fingerprint density at radius 1 is 1.00 bits per heavy atom. The van der Waals surface area contributed by atoms with E-state index in [0.717, 1.165) is 16.8 Å². The second-order valence-corrected chi connectivity index (χ2v) is 3.90. The average Bonchev–Trinajstić information content (AvgIpc) is 2.41. The van der Waals surface area contributed by atoms with Crippen molar-refractivity contribution in [2.24, 2.45) is 5.11 Å². The molecule has 0 amide bonds. The highest BCUT2D eigenvalue weighted by Crippen LogP contribution is 2.13. The van der Waals surface area contributed by atoms with Crippen molar-refractivity contribution in [3.8, 4) is 0 Å². The van der Waals surface area contributed by atoms with Gasteiger partial charge in [-0.2, -0.15) is 0 Å². The maximum absolute atomic E-state index is 8.61. The smallest absolute Gasteiger partial charge is 0.0200 e. The lowest BCUT2D eigenvalue weighted by Gasteiger charge is -2.01. The Kier molecular flexibility index (Phi) is 4.17. The third-order valence-corrected chi connectivity index (χ3v) is 2.53. The molecule has 0 unspecified atom stereocenters. The Balaban J connectivity index is 2.24. The van der Waals surface area contributed by atoms with Crippen LogP contribution in [0.3, 0.4) is 0 Å². The quantitative estimate of drug-likeness (QED) is 0.423. The molecule has 0 aliphatic heterocycles. The average molecular weight is 235 g/mol. The predicted molar refractivity (Wildman–Crippen MR) is 73.7 cm³/mol. The van der Waals surface area contributed by atoms with E-state index >= 15 is 0 Å². The van der Waals surface area contributed by atoms with Crippen molar-refractivity contribution in [2.75, 3.05) is 0 Å². The molecular formula is C15H13N3. The summed E-state index contributed by atoms with van der Waals surface area (Å²) < 4.78 is 0. The van der Waals surface area contributed by atoms with Gasteiger partial charge in [0.05, 0.1) is 0 Å². The Bertz CT molecular complexity index is 567. The van der Waals surface area contributed by atoms with E-state index in [1.54, 1.807) is 0 Å². The molecule has 0 N–H and O–H groups in total. The molecular weight excluding hydrogens is 222 g/mol. The van der Waals surface area contributed by atoms with Crippen LogP contribution in [0.15, 0.2) is 71.5 Å². The van der Waals surface area contributed by atoms with E-state index < -0.39 is 0 Å². The van der Waals surface area contributed by atoms with Gasteiger partial charge in [-0.25, -0.2) is 0 Å². The molecule has 0 radical (unpaired) electrons. The van der Waals surface area contributed by atoms with Gasteiger partial charge in [-0.15, -0.1) is 0 Å². The number of allylic oxidation sites excluding steroid dienone is 1. The minimum Gasteiger partial charge on any atom is -0.0647 e. The van der Waals surface area contributed by atoms with Crippen LogP contribution >= 0.6 is 0 Å². The number of nitrogens with zero attached hydrogens (tertiary/aromatic N) is 3. The molecule has 0 saturated carbocycles. The minimum absolute atomic E-state index is 0.639. The molecule has 88 valence electrons.